The van der Waals surface area contributed by atoms with Crippen LogP contribution < -0.4 is 5.32 Å². The molecule has 25 heavy (non-hydrogen) atoms. The summed E-state index contributed by atoms with van der Waals surface area (Å²) in [7, 11) is 0. The van der Waals surface area contributed by atoms with Gasteiger partial charge in [-0.15, -0.1) is 11.8 Å². The van der Waals surface area contributed by atoms with E-state index in [1.807, 2.05) is 30.3 Å². The minimum atomic E-state index is -1.02. The van der Waals surface area contributed by atoms with Gasteiger partial charge in [0.25, 0.3) is 0 Å². The first-order chi connectivity index (χ1) is 12.0. The van der Waals surface area contributed by atoms with Crippen LogP contribution in [0.15, 0.2) is 53.4 Å². The van der Waals surface area contributed by atoms with E-state index in [0.29, 0.717) is 0 Å². The fraction of sp³-hybridized carbons (Fsp3) is 0.300. The molecule has 2 aromatic rings. The number of benzene rings is 2. The van der Waals surface area contributed by atoms with E-state index in [4.69, 9.17) is 0 Å². The van der Waals surface area contributed by atoms with Crippen molar-refractivity contribution < 1.29 is 14.7 Å². The first kappa shape index (κ1) is 19.1. The summed E-state index contributed by atoms with van der Waals surface area (Å²) in [4.78, 5) is 23.7. The molecule has 0 saturated carbocycles. The standard InChI is InChI=1S/C20H23NO3S/c1-3-17-11-16(12-18(20(23)24)21-14(2)22)9-10-19(17)25-13-15-7-5-4-6-8-15/h4-11,18H,3,12-13H2,1-2H3,(H,21,22)(H,23,24). The van der Waals surface area contributed by atoms with Crippen molar-refractivity contribution in [1.82, 2.24) is 5.32 Å². The maximum atomic E-state index is 11.3. The van der Waals surface area contributed by atoms with Crippen LogP contribution in [0.3, 0.4) is 0 Å². The summed E-state index contributed by atoms with van der Waals surface area (Å²) < 4.78 is 0. The molecule has 1 amide bonds. The van der Waals surface area contributed by atoms with Crippen LogP contribution in [0.1, 0.15) is 30.5 Å². The molecule has 0 aliphatic heterocycles. The molecule has 0 spiro atoms. The van der Waals surface area contributed by atoms with Crippen LogP contribution in [-0.4, -0.2) is 23.0 Å². The lowest BCUT2D eigenvalue weighted by atomic mass is 10.0. The minimum Gasteiger partial charge on any atom is -0.480 e. The van der Waals surface area contributed by atoms with E-state index in [2.05, 4.69) is 30.4 Å². The average Bonchev–Trinajstić information content (AvgIpc) is 2.60. The van der Waals surface area contributed by atoms with E-state index in [-0.39, 0.29) is 12.3 Å². The number of carbonyl (C=O) groups excluding carboxylic acids is 1. The van der Waals surface area contributed by atoms with Gasteiger partial charge in [-0.3, -0.25) is 4.79 Å². The maximum Gasteiger partial charge on any atom is 0.326 e. The number of rotatable bonds is 8. The highest BCUT2D eigenvalue weighted by atomic mass is 32.2. The summed E-state index contributed by atoms with van der Waals surface area (Å²) in [6, 6.07) is 15.4. The first-order valence-electron chi connectivity index (χ1n) is 8.28. The van der Waals surface area contributed by atoms with E-state index in [9.17, 15) is 14.7 Å². The summed E-state index contributed by atoms with van der Waals surface area (Å²) in [5, 5.41) is 11.7. The molecule has 0 fully saturated rings. The first-order valence-corrected chi connectivity index (χ1v) is 9.26. The number of hydrogen-bond donors (Lipinski definition) is 2. The fourth-order valence-electron chi connectivity index (χ4n) is 2.59. The summed E-state index contributed by atoms with van der Waals surface area (Å²) in [5.74, 6) is -0.453. The number of amides is 1. The SMILES string of the molecule is CCc1cc(CC(NC(C)=O)C(=O)O)ccc1SCc1ccccc1. The van der Waals surface area contributed by atoms with Gasteiger partial charge in [0.05, 0.1) is 0 Å². The van der Waals surface area contributed by atoms with Crippen LogP contribution in [0.4, 0.5) is 0 Å². The Hall–Kier alpha value is -2.27. The second-order valence-corrected chi connectivity index (χ2v) is 6.88. The number of aryl methyl sites for hydroxylation is 1. The van der Waals surface area contributed by atoms with Crippen molar-refractivity contribution in [3.05, 3.63) is 65.2 Å². The number of hydrogen-bond acceptors (Lipinski definition) is 3. The molecule has 0 aliphatic rings. The molecule has 132 valence electrons. The number of carboxylic acid groups (broad SMARTS) is 1. The second kappa shape index (κ2) is 9.28. The minimum absolute atomic E-state index is 0.283. The van der Waals surface area contributed by atoms with Crippen molar-refractivity contribution in [2.45, 2.75) is 43.4 Å². The third-order valence-electron chi connectivity index (χ3n) is 3.86. The number of nitrogens with one attached hydrogen (secondary N) is 1. The molecule has 2 aromatic carbocycles. The Labute approximate surface area is 152 Å². The monoisotopic (exact) mass is 357 g/mol. The highest BCUT2D eigenvalue weighted by Gasteiger charge is 2.19. The lowest BCUT2D eigenvalue weighted by molar-refractivity contribution is -0.141. The molecule has 5 heteroatoms. The van der Waals surface area contributed by atoms with Crippen molar-refractivity contribution in [2.24, 2.45) is 0 Å². The normalized spacial score (nSPS) is 11.8. The Balaban J connectivity index is 2.09. The van der Waals surface area contributed by atoms with Gasteiger partial charge in [-0.25, -0.2) is 4.79 Å². The van der Waals surface area contributed by atoms with E-state index in [0.717, 1.165) is 17.7 Å². The van der Waals surface area contributed by atoms with Gasteiger partial charge in [0, 0.05) is 24.0 Å². The zero-order valence-electron chi connectivity index (χ0n) is 14.5. The molecule has 4 nitrogen and oxygen atoms in total. The Morgan fingerprint density at radius 2 is 1.84 bits per heavy atom. The molecular weight excluding hydrogens is 334 g/mol. The van der Waals surface area contributed by atoms with Gasteiger partial charge in [0.1, 0.15) is 6.04 Å². The molecule has 0 saturated heterocycles. The van der Waals surface area contributed by atoms with Crippen LogP contribution in [0, 0.1) is 0 Å². The molecule has 2 N–H and O–H groups in total. The predicted octanol–water partition coefficient (Wildman–Crippen LogP) is 3.67. The molecule has 0 radical (unpaired) electrons. The summed E-state index contributed by atoms with van der Waals surface area (Å²) in [5.41, 5.74) is 3.39. The zero-order valence-corrected chi connectivity index (χ0v) is 15.3. The average molecular weight is 357 g/mol. The molecule has 0 aromatic heterocycles. The molecule has 0 bridgehead atoms. The van der Waals surface area contributed by atoms with Crippen molar-refractivity contribution in [3.8, 4) is 0 Å². The summed E-state index contributed by atoms with van der Waals surface area (Å²) >= 11 is 1.78. The van der Waals surface area contributed by atoms with Gasteiger partial charge in [0.15, 0.2) is 0 Å². The van der Waals surface area contributed by atoms with E-state index >= 15 is 0 Å². The van der Waals surface area contributed by atoms with Crippen LogP contribution in [0.5, 0.6) is 0 Å². The maximum absolute atomic E-state index is 11.3. The molecule has 0 aliphatic carbocycles. The van der Waals surface area contributed by atoms with Gasteiger partial charge in [0.2, 0.25) is 5.91 Å². The van der Waals surface area contributed by atoms with Gasteiger partial charge < -0.3 is 10.4 Å². The third-order valence-corrected chi connectivity index (χ3v) is 5.05. The van der Waals surface area contributed by atoms with Gasteiger partial charge in [-0.2, -0.15) is 0 Å². The molecular formula is C20H23NO3S. The third kappa shape index (κ3) is 5.94. The lowest BCUT2D eigenvalue weighted by Crippen LogP contribution is -2.41. The Morgan fingerprint density at radius 3 is 2.44 bits per heavy atom. The van der Waals surface area contributed by atoms with Gasteiger partial charge in [-0.05, 0) is 29.2 Å². The topological polar surface area (TPSA) is 66.4 Å². The lowest BCUT2D eigenvalue weighted by Gasteiger charge is -2.15. The number of thioether (sulfide) groups is 1. The summed E-state index contributed by atoms with van der Waals surface area (Å²) in [6.45, 7) is 3.42. The molecule has 1 atom stereocenters. The van der Waals surface area contributed by atoms with Crippen LogP contribution in [0.25, 0.3) is 0 Å². The van der Waals surface area contributed by atoms with Gasteiger partial charge >= 0.3 is 5.97 Å². The van der Waals surface area contributed by atoms with Crippen LogP contribution in [0.2, 0.25) is 0 Å². The smallest absolute Gasteiger partial charge is 0.326 e. The Morgan fingerprint density at radius 1 is 1.12 bits per heavy atom. The molecule has 2 rings (SSSR count). The Bertz CT molecular complexity index is 731. The highest BCUT2D eigenvalue weighted by molar-refractivity contribution is 7.98. The van der Waals surface area contributed by atoms with Crippen molar-refractivity contribution in [3.63, 3.8) is 0 Å². The van der Waals surface area contributed by atoms with Gasteiger partial charge in [-0.1, -0.05) is 49.4 Å². The molecule has 1 unspecified atom stereocenters. The number of carboxylic acids is 1. The fourth-order valence-corrected chi connectivity index (χ4v) is 3.66. The predicted molar refractivity (Wildman–Crippen MR) is 101 cm³/mol. The van der Waals surface area contributed by atoms with E-state index in [1.165, 1.54) is 22.9 Å². The largest absolute Gasteiger partial charge is 0.480 e. The van der Waals surface area contributed by atoms with E-state index in [1.54, 1.807) is 11.8 Å². The number of aliphatic carboxylic acids is 1. The van der Waals surface area contributed by atoms with Crippen molar-refractivity contribution >= 4 is 23.6 Å². The zero-order chi connectivity index (χ0) is 18.2. The van der Waals surface area contributed by atoms with Crippen molar-refractivity contribution in [2.75, 3.05) is 0 Å². The van der Waals surface area contributed by atoms with Crippen LogP contribution in [-0.2, 0) is 28.2 Å². The number of carbonyl (C=O) groups is 2. The van der Waals surface area contributed by atoms with E-state index < -0.39 is 12.0 Å². The quantitative estimate of drug-likeness (QED) is 0.708. The second-order valence-electron chi connectivity index (χ2n) is 5.87. The van der Waals surface area contributed by atoms with Crippen molar-refractivity contribution in [1.29, 1.82) is 0 Å². The Kier molecular flexibility index (Phi) is 7.07. The van der Waals surface area contributed by atoms with Crippen LogP contribution >= 0.6 is 11.8 Å². The summed E-state index contributed by atoms with van der Waals surface area (Å²) in [6.07, 6.45) is 1.16. The highest BCUT2D eigenvalue weighted by Crippen LogP contribution is 2.28. The molecule has 0 heterocycles.